The van der Waals surface area contributed by atoms with Gasteiger partial charge in [-0.15, -0.1) is 0 Å². The van der Waals surface area contributed by atoms with Gasteiger partial charge in [-0.3, -0.25) is 0 Å². The van der Waals surface area contributed by atoms with Crippen LogP contribution in [0.1, 0.15) is 5.56 Å². The molecule has 0 amide bonds. The number of benzene rings is 1. The van der Waals surface area contributed by atoms with Crippen LogP contribution in [0.15, 0.2) is 54.9 Å². The predicted molar refractivity (Wildman–Crippen MR) is 74.4 cm³/mol. The Labute approximate surface area is 119 Å². The first kappa shape index (κ1) is 13.5. The summed E-state index contributed by atoms with van der Waals surface area (Å²) in [5.74, 6) is 0.707. The van der Waals surface area contributed by atoms with Crippen LogP contribution >= 0.6 is 0 Å². The molecule has 0 spiro atoms. The maximum Gasteiger partial charge on any atom is 0.418 e. The molecule has 0 fully saturated rings. The first-order chi connectivity index (χ1) is 9.99. The van der Waals surface area contributed by atoms with E-state index in [0.717, 1.165) is 17.2 Å². The van der Waals surface area contributed by atoms with E-state index in [-0.39, 0.29) is 5.52 Å². The van der Waals surface area contributed by atoms with E-state index < -0.39 is 11.7 Å². The lowest BCUT2D eigenvalue weighted by Crippen LogP contribution is -2.04. The molecule has 0 saturated heterocycles. The molecule has 0 aliphatic carbocycles. The zero-order chi connectivity index (χ0) is 15.0. The van der Waals surface area contributed by atoms with Gasteiger partial charge in [0.2, 0.25) is 0 Å². The van der Waals surface area contributed by atoms with E-state index in [0.29, 0.717) is 5.75 Å². The monoisotopic (exact) mass is 291 g/mol. The molecule has 0 saturated carbocycles. The van der Waals surface area contributed by atoms with Gasteiger partial charge >= 0.3 is 6.18 Å². The molecule has 0 aliphatic heterocycles. The van der Waals surface area contributed by atoms with E-state index in [1.165, 1.54) is 10.6 Å². The third-order valence-electron chi connectivity index (χ3n) is 3.39. The number of aromatic nitrogens is 1. The van der Waals surface area contributed by atoms with Gasteiger partial charge in [-0.25, -0.2) is 0 Å². The van der Waals surface area contributed by atoms with E-state index in [1.54, 1.807) is 37.6 Å². The van der Waals surface area contributed by atoms with Crippen molar-refractivity contribution in [3.05, 3.63) is 60.4 Å². The SMILES string of the molecule is COc1ccc(-c2ccn3ccc(C(F)(F)F)c3c2)cc1. The fourth-order valence-electron chi connectivity index (χ4n) is 2.30. The molecular weight excluding hydrogens is 279 g/mol. The Kier molecular flexibility index (Phi) is 3.12. The first-order valence-electron chi connectivity index (χ1n) is 6.31. The summed E-state index contributed by atoms with van der Waals surface area (Å²) < 4.78 is 45.4. The number of nitrogens with zero attached hydrogens (tertiary/aromatic N) is 1. The molecule has 0 N–H and O–H groups in total. The molecule has 3 rings (SSSR count). The molecule has 0 bridgehead atoms. The number of ether oxygens (including phenoxy) is 1. The molecule has 2 heterocycles. The van der Waals surface area contributed by atoms with Gasteiger partial charge in [-0.2, -0.15) is 13.2 Å². The summed E-state index contributed by atoms with van der Waals surface area (Å²) in [4.78, 5) is 0. The van der Waals surface area contributed by atoms with Crippen LogP contribution in [0, 0.1) is 0 Å². The lowest BCUT2D eigenvalue weighted by Gasteiger charge is -2.08. The van der Waals surface area contributed by atoms with Crippen LogP contribution in [0.2, 0.25) is 0 Å². The van der Waals surface area contributed by atoms with Gasteiger partial charge in [0, 0.05) is 12.4 Å². The Balaban J connectivity index is 2.11. The number of fused-ring (bicyclic) bond motifs is 1. The molecule has 3 aromatic rings. The first-order valence-corrected chi connectivity index (χ1v) is 6.31. The molecular formula is C16H12F3NO. The van der Waals surface area contributed by atoms with Crippen molar-refractivity contribution in [3.63, 3.8) is 0 Å². The van der Waals surface area contributed by atoms with Gasteiger partial charge in [0.1, 0.15) is 5.75 Å². The highest BCUT2D eigenvalue weighted by molar-refractivity contribution is 5.71. The Morgan fingerprint density at radius 1 is 0.905 bits per heavy atom. The number of pyridine rings is 1. The van der Waals surface area contributed by atoms with Crippen LogP contribution in [-0.2, 0) is 6.18 Å². The molecule has 0 unspecified atom stereocenters. The summed E-state index contributed by atoms with van der Waals surface area (Å²) in [6.07, 6.45) is -1.31. The van der Waals surface area contributed by atoms with Crippen LogP contribution in [-0.4, -0.2) is 11.5 Å². The average molecular weight is 291 g/mol. The smallest absolute Gasteiger partial charge is 0.418 e. The highest BCUT2D eigenvalue weighted by Crippen LogP contribution is 2.34. The van der Waals surface area contributed by atoms with E-state index >= 15 is 0 Å². The summed E-state index contributed by atoms with van der Waals surface area (Å²) in [5, 5.41) is 0. The molecule has 0 aliphatic rings. The van der Waals surface area contributed by atoms with Gasteiger partial charge in [0.15, 0.2) is 0 Å². The molecule has 0 atom stereocenters. The van der Waals surface area contributed by atoms with Crippen molar-refractivity contribution in [2.24, 2.45) is 0 Å². The number of hydrogen-bond donors (Lipinski definition) is 0. The topological polar surface area (TPSA) is 13.6 Å². The van der Waals surface area contributed by atoms with E-state index in [2.05, 4.69) is 0 Å². The van der Waals surface area contributed by atoms with Gasteiger partial charge in [-0.05, 0) is 41.5 Å². The standard InChI is InChI=1S/C16H12F3NO/c1-21-13-4-2-11(3-5-13)12-6-8-20-9-7-14(15(20)10-12)16(17,18)19/h2-10H,1H3. The second-order valence-corrected chi connectivity index (χ2v) is 4.66. The number of rotatable bonds is 2. The van der Waals surface area contributed by atoms with Crippen LogP contribution in [0.25, 0.3) is 16.6 Å². The largest absolute Gasteiger partial charge is 0.497 e. The molecule has 2 aromatic heterocycles. The predicted octanol–water partition coefficient (Wildman–Crippen LogP) is 4.63. The minimum Gasteiger partial charge on any atom is -0.497 e. The van der Waals surface area contributed by atoms with E-state index in [1.807, 2.05) is 12.1 Å². The molecule has 0 radical (unpaired) electrons. The normalized spacial score (nSPS) is 11.8. The number of hydrogen-bond acceptors (Lipinski definition) is 1. The van der Waals surface area contributed by atoms with Crippen molar-refractivity contribution in [2.45, 2.75) is 6.18 Å². The number of alkyl halides is 3. The minimum atomic E-state index is -4.35. The molecule has 2 nitrogen and oxygen atoms in total. The summed E-state index contributed by atoms with van der Waals surface area (Å²) in [6.45, 7) is 0. The van der Waals surface area contributed by atoms with Gasteiger partial charge in [-0.1, -0.05) is 12.1 Å². The van der Waals surface area contributed by atoms with Crippen molar-refractivity contribution in [3.8, 4) is 16.9 Å². The average Bonchev–Trinajstić information content (AvgIpc) is 2.90. The van der Waals surface area contributed by atoms with E-state index in [9.17, 15) is 13.2 Å². The van der Waals surface area contributed by atoms with Gasteiger partial charge in [0.25, 0.3) is 0 Å². The molecule has 21 heavy (non-hydrogen) atoms. The van der Waals surface area contributed by atoms with Crippen molar-refractivity contribution < 1.29 is 17.9 Å². The summed E-state index contributed by atoms with van der Waals surface area (Å²) in [6, 6.07) is 11.6. The van der Waals surface area contributed by atoms with Crippen molar-refractivity contribution in [1.82, 2.24) is 4.40 Å². The molecule has 5 heteroatoms. The van der Waals surface area contributed by atoms with Crippen molar-refractivity contribution in [2.75, 3.05) is 7.11 Å². The third kappa shape index (κ3) is 2.46. The fraction of sp³-hybridized carbons (Fsp3) is 0.125. The summed E-state index contributed by atoms with van der Waals surface area (Å²) >= 11 is 0. The lowest BCUT2D eigenvalue weighted by atomic mass is 10.1. The van der Waals surface area contributed by atoms with Crippen molar-refractivity contribution >= 4 is 5.52 Å². The second kappa shape index (κ2) is 4.84. The van der Waals surface area contributed by atoms with E-state index in [4.69, 9.17) is 4.74 Å². The van der Waals surface area contributed by atoms with Crippen molar-refractivity contribution in [1.29, 1.82) is 0 Å². The summed E-state index contributed by atoms with van der Waals surface area (Å²) in [7, 11) is 1.57. The maximum atomic E-state index is 13.0. The molecule has 108 valence electrons. The van der Waals surface area contributed by atoms with Crippen LogP contribution in [0.5, 0.6) is 5.75 Å². The third-order valence-corrected chi connectivity index (χ3v) is 3.39. The quantitative estimate of drug-likeness (QED) is 0.671. The zero-order valence-corrected chi connectivity index (χ0v) is 11.2. The minimum absolute atomic E-state index is 0.149. The Bertz CT molecular complexity index is 772. The highest BCUT2D eigenvalue weighted by Gasteiger charge is 2.33. The summed E-state index contributed by atoms with van der Waals surface area (Å²) in [5.41, 5.74) is 1.09. The number of methoxy groups -OCH3 is 1. The zero-order valence-electron chi connectivity index (χ0n) is 11.2. The second-order valence-electron chi connectivity index (χ2n) is 4.66. The lowest BCUT2D eigenvalue weighted by molar-refractivity contribution is -0.136. The van der Waals surface area contributed by atoms with Crippen LogP contribution < -0.4 is 4.74 Å². The Hall–Kier alpha value is -2.43. The fourth-order valence-corrected chi connectivity index (χ4v) is 2.30. The van der Waals surface area contributed by atoms with Crippen LogP contribution in [0.3, 0.4) is 0 Å². The maximum absolute atomic E-state index is 13.0. The Morgan fingerprint density at radius 3 is 2.19 bits per heavy atom. The van der Waals surface area contributed by atoms with Crippen LogP contribution in [0.4, 0.5) is 13.2 Å². The highest BCUT2D eigenvalue weighted by atomic mass is 19.4. The van der Waals surface area contributed by atoms with Gasteiger partial charge < -0.3 is 9.14 Å². The van der Waals surface area contributed by atoms with Gasteiger partial charge in [0.05, 0.1) is 18.2 Å². The molecule has 1 aromatic carbocycles. The Morgan fingerprint density at radius 2 is 1.57 bits per heavy atom. The number of halogens is 3.